The summed E-state index contributed by atoms with van der Waals surface area (Å²) in [5.74, 6) is -1.30. The molecule has 58 valence electrons. The van der Waals surface area contributed by atoms with Crippen molar-refractivity contribution in [2.45, 2.75) is 6.04 Å². The van der Waals surface area contributed by atoms with E-state index in [1.165, 1.54) is 6.19 Å². The number of nitrogens with two attached hydrogens (primary N) is 2. The van der Waals surface area contributed by atoms with E-state index in [9.17, 15) is 9.18 Å². The summed E-state index contributed by atoms with van der Waals surface area (Å²) in [6.07, 6.45) is 1.25. The van der Waals surface area contributed by atoms with Gasteiger partial charge >= 0.3 is 5.97 Å². The number of carboxylic acid groups (broad SMARTS) is 1. The Bertz CT molecular complexity index is 133. The molecule has 5 nitrogen and oxygen atoms in total. The molecule has 1 atom stereocenters. The van der Waals surface area contributed by atoms with Crippen LogP contribution in [0.15, 0.2) is 0 Å². The molecular weight excluding hydrogens is 141 g/mol. The van der Waals surface area contributed by atoms with E-state index in [0.29, 0.717) is 0 Å². The molecule has 0 bridgehead atoms. The van der Waals surface area contributed by atoms with Crippen molar-refractivity contribution in [1.29, 1.82) is 5.26 Å². The van der Waals surface area contributed by atoms with E-state index in [-0.39, 0.29) is 0 Å². The number of nitriles is 1. The zero-order chi connectivity index (χ0) is 8.57. The molecule has 0 aliphatic carbocycles. The van der Waals surface area contributed by atoms with E-state index in [1.54, 1.807) is 0 Å². The van der Waals surface area contributed by atoms with Crippen LogP contribution in [0.1, 0.15) is 0 Å². The summed E-state index contributed by atoms with van der Waals surface area (Å²) < 4.78 is 11.1. The SMILES string of the molecule is N#CN.N[C@H](CF)C(=O)O. The summed E-state index contributed by atoms with van der Waals surface area (Å²) in [5.41, 5.74) is 8.79. The Morgan fingerprint density at radius 1 is 1.90 bits per heavy atom. The highest BCUT2D eigenvalue weighted by Gasteiger charge is 2.08. The second-order valence-corrected chi connectivity index (χ2v) is 1.23. The Morgan fingerprint density at radius 3 is 2.20 bits per heavy atom. The van der Waals surface area contributed by atoms with Crippen molar-refractivity contribution < 1.29 is 14.3 Å². The molecule has 0 rings (SSSR count). The average molecular weight is 149 g/mol. The fourth-order valence-corrected chi connectivity index (χ4v) is 0.0660. The number of aliphatic carboxylic acids is 1. The lowest BCUT2D eigenvalue weighted by Gasteiger charge is -1.94. The molecule has 10 heavy (non-hydrogen) atoms. The third-order valence-electron chi connectivity index (χ3n) is 0.483. The summed E-state index contributed by atoms with van der Waals surface area (Å²) in [6.45, 7) is -1.00. The third-order valence-corrected chi connectivity index (χ3v) is 0.483. The first kappa shape index (κ1) is 11.4. The summed E-state index contributed by atoms with van der Waals surface area (Å²) in [6, 6.07) is -1.35. The molecule has 5 N–H and O–H groups in total. The topological polar surface area (TPSA) is 113 Å². The van der Waals surface area contributed by atoms with E-state index >= 15 is 0 Å². The Labute approximate surface area is 57.0 Å². The second-order valence-electron chi connectivity index (χ2n) is 1.23. The number of carboxylic acids is 1. The minimum atomic E-state index is -1.35. The fraction of sp³-hybridized carbons (Fsp3) is 0.500. The highest BCUT2D eigenvalue weighted by atomic mass is 19.1. The predicted molar refractivity (Wildman–Crippen MR) is 31.4 cm³/mol. The number of carbonyl (C=O) groups is 1. The van der Waals surface area contributed by atoms with E-state index in [1.807, 2.05) is 0 Å². The summed E-state index contributed by atoms with van der Waals surface area (Å²) in [4.78, 5) is 9.57. The van der Waals surface area contributed by atoms with E-state index in [4.69, 9.17) is 10.4 Å². The Hall–Kier alpha value is -1.35. The Morgan fingerprint density at radius 2 is 2.20 bits per heavy atom. The van der Waals surface area contributed by atoms with Crippen molar-refractivity contribution in [2.24, 2.45) is 11.5 Å². The van der Waals surface area contributed by atoms with Crippen LogP contribution < -0.4 is 11.5 Å². The van der Waals surface area contributed by atoms with Crippen molar-refractivity contribution in [3.63, 3.8) is 0 Å². The van der Waals surface area contributed by atoms with Gasteiger partial charge in [0.05, 0.1) is 0 Å². The van der Waals surface area contributed by atoms with Crippen LogP contribution in [-0.4, -0.2) is 23.8 Å². The van der Waals surface area contributed by atoms with Gasteiger partial charge in [0.2, 0.25) is 0 Å². The van der Waals surface area contributed by atoms with Crippen molar-refractivity contribution >= 4 is 5.97 Å². The van der Waals surface area contributed by atoms with Gasteiger partial charge in [0.25, 0.3) is 0 Å². The monoisotopic (exact) mass is 149 g/mol. The highest BCUT2D eigenvalue weighted by Crippen LogP contribution is 1.76. The molecule has 0 aromatic carbocycles. The first-order chi connectivity index (χ1) is 4.59. The number of hydrogen-bond acceptors (Lipinski definition) is 4. The van der Waals surface area contributed by atoms with Gasteiger partial charge in [0.15, 0.2) is 6.19 Å². The van der Waals surface area contributed by atoms with Crippen LogP contribution >= 0.6 is 0 Å². The van der Waals surface area contributed by atoms with Gasteiger partial charge in [0.1, 0.15) is 12.7 Å². The molecule has 0 spiro atoms. The molecule has 0 amide bonds. The van der Waals surface area contributed by atoms with Gasteiger partial charge in [-0.1, -0.05) is 0 Å². The van der Waals surface area contributed by atoms with Crippen LogP contribution in [0.3, 0.4) is 0 Å². The van der Waals surface area contributed by atoms with Crippen molar-refractivity contribution in [3.8, 4) is 6.19 Å². The number of alkyl halides is 1. The first-order valence-corrected chi connectivity index (χ1v) is 2.24. The van der Waals surface area contributed by atoms with Gasteiger partial charge in [-0.05, 0) is 0 Å². The normalized spacial score (nSPS) is 10.1. The largest absolute Gasteiger partial charge is 0.480 e. The van der Waals surface area contributed by atoms with Crippen LogP contribution in [0.2, 0.25) is 0 Å². The molecule has 0 saturated heterocycles. The molecule has 0 aliphatic rings. The van der Waals surface area contributed by atoms with Gasteiger partial charge in [-0.15, -0.1) is 0 Å². The van der Waals surface area contributed by atoms with Crippen LogP contribution in [0.4, 0.5) is 4.39 Å². The molecule has 0 aromatic rings. The Balaban J connectivity index is 0. The number of halogens is 1. The fourth-order valence-electron chi connectivity index (χ4n) is 0.0660. The maximum atomic E-state index is 11.1. The molecule has 6 heteroatoms. The zero-order valence-corrected chi connectivity index (χ0v) is 5.12. The zero-order valence-electron chi connectivity index (χ0n) is 5.12. The smallest absolute Gasteiger partial charge is 0.323 e. The maximum Gasteiger partial charge on any atom is 0.323 e. The average Bonchev–Trinajstić information content (AvgIpc) is 1.88. The lowest BCUT2D eigenvalue weighted by Crippen LogP contribution is -2.31. The van der Waals surface area contributed by atoms with Gasteiger partial charge in [-0.25, -0.2) is 4.39 Å². The van der Waals surface area contributed by atoms with E-state index in [0.717, 1.165) is 0 Å². The van der Waals surface area contributed by atoms with Crippen LogP contribution in [0.5, 0.6) is 0 Å². The molecular formula is C4H8FN3O2. The second kappa shape index (κ2) is 7.65. The first-order valence-electron chi connectivity index (χ1n) is 2.24. The van der Waals surface area contributed by atoms with E-state index in [2.05, 4.69) is 11.5 Å². The number of nitrogens with zero attached hydrogens (tertiary/aromatic N) is 1. The summed E-state index contributed by atoms with van der Waals surface area (Å²) in [7, 11) is 0. The minimum Gasteiger partial charge on any atom is -0.480 e. The molecule has 0 radical (unpaired) electrons. The molecule has 0 aliphatic heterocycles. The van der Waals surface area contributed by atoms with Crippen molar-refractivity contribution in [1.82, 2.24) is 0 Å². The minimum absolute atomic E-state index is 1.00. The van der Waals surface area contributed by atoms with Crippen molar-refractivity contribution in [3.05, 3.63) is 0 Å². The van der Waals surface area contributed by atoms with Gasteiger partial charge in [0, 0.05) is 0 Å². The van der Waals surface area contributed by atoms with Crippen LogP contribution in [0, 0.1) is 11.5 Å². The molecule has 0 fully saturated rings. The predicted octanol–water partition coefficient (Wildman–Crippen LogP) is -1.21. The highest BCUT2D eigenvalue weighted by molar-refractivity contribution is 5.73. The lowest BCUT2D eigenvalue weighted by atomic mass is 10.4. The van der Waals surface area contributed by atoms with E-state index < -0.39 is 18.7 Å². The Kier molecular flexibility index (Phi) is 8.76. The van der Waals surface area contributed by atoms with Gasteiger partial charge in [-0.2, -0.15) is 5.26 Å². The number of hydrogen-bond donors (Lipinski definition) is 3. The quantitative estimate of drug-likeness (QED) is 0.337. The molecule has 0 heterocycles. The van der Waals surface area contributed by atoms with Crippen molar-refractivity contribution in [2.75, 3.05) is 6.67 Å². The van der Waals surface area contributed by atoms with Gasteiger partial charge < -0.3 is 16.6 Å². The summed E-state index contributed by atoms with van der Waals surface area (Å²) in [5, 5.41) is 14.9. The van der Waals surface area contributed by atoms with Gasteiger partial charge in [-0.3, -0.25) is 4.79 Å². The molecule has 0 unspecified atom stereocenters. The summed E-state index contributed by atoms with van der Waals surface area (Å²) >= 11 is 0. The molecule has 0 saturated carbocycles. The van der Waals surface area contributed by atoms with Crippen LogP contribution in [-0.2, 0) is 4.79 Å². The maximum absolute atomic E-state index is 11.1. The lowest BCUT2D eigenvalue weighted by molar-refractivity contribution is -0.138. The van der Waals surface area contributed by atoms with Crippen LogP contribution in [0.25, 0.3) is 0 Å². The third kappa shape index (κ3) is 9.82. The number of rotatable bonds is 2. The molecule has 0 aromatic heterocycles. The standard InChI is InChI=1S/C3H6FNO2.CH2N2/c4-1-2(5)3(6)7;2-1-3/h2H,1,5H2,(H,6,7);2H2/t2-;/m1./s1.